The maximum Gasteiger partial charge on any atom is 0.344 e. The molecule has 2 aromatic carbocycles. The first-order valence-electron chi connectivity index (χ1n) is 12.7. The van der Waals surface area contributed by atoms with Gasteiger partial charge >= 0.3 is 11.9 Å². The molecule has 0 amide bonds. The third kappa shape index (κ3) is 6.38. The quantitative estimate of drug-likeness (QED) is 0.308. The highest BCUT2D eigenvalue weighted by molar-refractivity contribution is 9.10. The van der Waals surface area contributed by atoms with Crippen molar-refractivity contribution in [2.45, 2.75) is 26.8 Å². The Labute approximate surface area is 248 Å². The average Bonchev–Trinajstić information content (AvgIpc) is 3.25. The molecule has 0 N–H and O–H groups in total. The number of aromatic nitrogens is 1. The van der Waals surface area contributed by atoms with E-state index in [-0.39, 0.29) is 31.0 Å². The van der Waals surface area contributed by atoms with Gasteiger partial charge in [0.15, 0.2) is 22.9 Å². The summed E-state index contributed by atoms with van der Waals surface area (Å²) in [6.45, 7) is 5.35. The number of nitrogens with zero attached hydrogens (tertiary/aromatic N) is 2. The van der Waals surface area contributed by atoms with Crippen molar-refractivity contribution in [3.63, 3.8) is 0 Å². The number of hydrogen-bond acceptors (Lipinski definition) is 10. The lowest BCUT2D eigenvalue weighted by atomic mass is 9.96. The van der Waals surface area contributed by atoms with Gasteiger partial charge in [-0.2, -0.15) is 0 Å². The predicted molar refractivity (Wildman–Crippen MR) is 156 cm³/mol. The Kier molecular flexibility index (Phi) is 9.66. The van der Waals surface area contributed by atoms with Gasteiger partial charge in [-0.15, -0.1) is 0 Å². The molecule has 4 rings (SSSR count). The van der Waals surface area contributed by atoms with Gasteiger partial charge in [0.25, 0.3) is 5.56 Å². The second-order valence-corrected chi connectivity index (χ2v) is 10.6. The number of thiazole rings is 1. The van der Waals surface area contributed by atoms with E-state index in [9.17, 15) is 14.4 Å². The van der Waals surface area contributed by atoms with Crippen molar-refractivity contribution in [2.24, 2.45) is 4.99 Å². The molecule has 1 aliphatic rings. The predicted octanol–water partition coefficient (Wildman–Crippen LogP) is 3.52. The number of hydrogen-bond donors (Lipinski definition) is 0. The minimum atomic E-state index is -0.761. The second-order valence-electron chi connectivity index (χ2n) is 8.70. The first-order chi connectivity index (χ1) is 19.7. The van der Waals surface area contributed by atoms with Crippen LogP contribution in [-0.4, -0.2) is 50.5 Å². The van der Waals surface area contributed by atoms with Gasteiger partial charge in [0.05, 0.1) is 53.8 Å². The average molecular weight is 646 g/mol. The van der Waals surface area contributed by atoms with Crippen LogP contribution in [-0.2, 0) is 19.1 Å². The van der Waals surface area contributed by atoms with Crippen LogP contribution in [0.5, 0.6) is 17.2 Å². The molecule has 1 aliphatic heterocycles. The van der Waals surface area contributed by atoms with Crippen molar-refractivity contribution in [1.82, 2.24) is 4.57 Å². The van der Waals surface area contributed by atoms with E-state index in [0.717, 1.165) is 0 Å². The van der Waals surface area contributed by atoms with Crippen LogP contribution >= 0.6 is 27.3 Å². The number of methoxy groups -OCH3 is 2. The summed E-state index contributed by atoms with van der Waals surface area (Å²) in [4.78, 5) is 43.7. The number of carbonyl (C=O) groups excluding carboxylic acids is 2. The Hall–Kier alpha value is -3.90. The molecule has 216 valence electrons. The molecule has 0 saturated carbocycles. The molecule has 0 bridgehead atoms. The van der Waals surface area contributed by atoms with Crippen molar-refractivity contribution in [3.8, 4) is 17.2 Å². The fourth-order valence-corrected chi connectivity index (χ4v) is 5.95. The summed E-state index contributed by atoms with van der Waals surface area (Å²) in [6.07, 6.45) is 1.71. The summed E-state index contributed by atoms with van der Waals surface area (Å²) < 4.78 is 29.2. The van der Waals surface area contributed by atoms with E-state index >= 15 is 0 Å². The number of halogens is 1. The minimum absolute atomic E-state index is 0.181. The van der Waals surface area contributed by atoms with E-state index in [1.807, 2.05) is 12.1 Å². The Bertz CT molecular complexity index is 1690. The van der Waals surface area contributed by atoms with Crippen LogP contribution in [0.3, 0.4) is 0 Å². The SMILES string of the molecule is CCOC(=O)COc1ccc(/C=c2\sc3n(c2=O)[C@@H](c2ccc(OC)c(Br)c2)C(C(=O)OCC)=C(C)N=3)cc1OC. The van der Waals surface area contributed by atoms with Crippen LogP contribution in [0.4, 0.5) is 0 Å². The third-order valence-corrected chi connectivity index (χ3v) is 7.75. The van der Waals surface area contributed by atoms with Crippen molar-refractivity contribution in [3.05, 3.63) is 83.0 Å². The van der Waals surface area contributed by atoms with Gasteiger partial charge < -0.3 is 23.7 Å². The van der Waals surface area contributed by atoms with E-state index in [0.29, 0.717) is 47.9 Å². The summed E-state index contributed by atoms with van der Waals surface area (Å²) in [7, 11) is 3.04. The van der Waals surface area contributed by atoms with E-state index in [1.54, 1.807) is 58.2 Å². The summed E-state index contributed by atoms with van der Waals surface area (Å²) in [5.74, 6) is 0.332. The van der Waals surface area contributed by atoms with Gasteiger partial charge in [0.1, 0.15) is 5.75 Å². The van der Waals surface area contributed by atoms with Crippen molar-refractivity contribution < 1.29 is 33.3 Å². The Balaban J connectivity index is 1.81. The summed E-state index contributed by atoms with van der Waals surface area (Å²) in [6, 6.07) is 9.73. The Morgan fingerprint density at radius 1 is 1.02 bits per heavy atom. The number of carbonyl (C=O) groups is 2. The van der Waals surface area contributed by atoms with Crippen molar-refractivity contribution >= 4 is 45.3 Å². The fourth-order valence-electron chi connectivity index (χ4n) is 4.34. The third-order valence-electron chi connectivity index (χ3n) is 6.14. The van der Waals surface area contributed by atoms with Crippen LogP contribution < -0.4 is 29.1 Å². The minimum Gasteiger partial charge on any atom is -0.496 e. The Morgan fingerprint density at radius 2 is 1.73 bits per heavy atom. The number of benzene rings is 2. The lowest BCUT2D eigenvalue weighted by Gasteiger charge is -2.25. The maximum absolute atomic E-state index is 13.9. The zero-order chi connectivity index (χ0) is 29.7. The topological polar surface area (TPSA) is 115 Å². The summed E-state index contributed by atoms with van der Waals surface area (Å²) >= 11 is 4.72. The highest BCUT2D eigenvalue weighted by atomic mass is 79.9. The van der Waals surface area contributed by atoms with Crippen LogP contribution in [0.2, 0.25) is 0 Å². The number of esters is 2. The standard InChI is InChI=1S/C29H29BrN2O8S/c1-6-38-24(33)15-40-21-10-8-17(12-22(21)37-5)13-23-27(34)32-26(18-9-11-20(36-4)19(30)14-18)25(28(35)39-7-2)16(3)31-29(32)41-23/h8-14,26H,6-7,15H2,1-5H3/b23-13-/t26-/m0/s1. The van der Waals surface area contributed by atoms with E-state index in [4.69, 9.17) is 23.7 Å². The van der Waals surface area contributed by atoms with E-state index < -0.39 is 18.0 Å². The van der Waals surface area contributed by atoms with Crippen molar-refractivity contribution in [1.29, 1.82) is 0 Å². The van der Waals surface area contributed by atoms with Crippen LogP contribution in [0.15, 0.2) is 61.9 Å². The lowest BCUT2D eigenvalue weighted by Crippen LogP contribution is -2.39. The monoisotopic (exact) mass is 644 g/mol. The van der Waals surface area contributed by atoms with Crippen LogP contribution in [0.1, 0.15) is 37.9 Å². The largest absolute Gasteiger partial charge is 0.496 e. The zero-order valence-electron chi connectivity index (χ0n) is 23.2. The molecule has 0 radical (unpaired) electrons. The molecule has 1 atom stereocenters. The molecule has 10 nitrogen and oxygen atoms in total. The first-order valence-corrected chi connectivity index (χ1v) is 14.3. The molecule has 0 unspecified atom stereocenters. The van der Waals surface area contributed by atoms with Gasteiger partial charge in [0, 0.05) is 0 Å². The van der Waals surface area contributed by atoms with Crippen LogP contribution in [0.25, 0.3) is 6.08 Å². The smallest absolute Gasteiger partial charge is 0.344 e. The molecule has 0 aliphatic carbocycles. The maximum atomic E-state index is 13.9. The van der Waals surface area contributed by atoms with Crippen molar-refractivity contribution in [2.75, 3.05) is 34.0 Å². The van der Waals surface area contributed by atoms with Gasteiger partial charge in [-0.3, -0.25) is 9.36 Å². The van der Waals surface area contributed by atoms with Gasteiger partial charge in [-0.1, -0.05) is 23.5 Å². The van der Waals surface area contributed by atoms with Crippen LogP contribution in [0, 0.1) is 0 Å². The molecule has 3 aromatic rings. The van der Waals surface area contributed by atoms with Gasteiger partial charge in [0.2, 0.25) is 0 Å². The number of ether oxygens (including phenoxy) is 5. The molecule has 0 fully saturated rings. The number of fused-ring (bicyclic) bond motifs is 1. The molecule has 2 heterocycles. The molecular weight excluding hydrogens is 616 g/mol. The van der Waals surface area contributed by atoms with E-state index in [1.165, 1.54) is 23.0 Å². The molecule has 1 aromatic heterocycles. The highest BCUT2D eigenvalue weighted by Gasteiger charge is 2.33. The summed E-state index contributed by atoms with van der Waals surface area (Å²) in [5, 5.41) is 0. The molecule has 0 spiro atoms. The molecule has 0 saturated heterocycles. The van der Waals surface area contributed by atoms with E-state index in [2.05, 4.69) is 20.9 Å². The first kappa shape index (κ1) is 30.1. The molecule has 12 heteroatoms. The molecular formula is C29H29BrN2O8S. The number of rotatable bonds is 10. The van der Waals surface area contributed by atoms with Gasteiger partial charge in [-0.05, 0) is 78.2 Å². The fraction of sp³-hybridized carbons (Fsp3) is 0.310. The highest BCUT2D eigenvalue weighted by Crippen LogP contribution is 2.35. The normalized spacial score (nSPS) is 14.7. The van der Waals surface area contributed by atoms with Gasteiger partial charge in [-0.25, -0.2) is 14.6 Å². The Morgan fingerprint density at radius 3 is 2.39 bits per heavy atom. The molecule has 41 heavy (non-hydrogen) atoms. The summed E-state index contributed by atoms with van der Waals surface area (Å²) in [5.41, 5.74) is 1.79. The zero-order valence-corrected chi connectivity index (χ0v) is 25.6. The second kappa shape index (κ2) is 13.2. The lowest BCUT2D eigenvalue weighted by molar-refractivity contribution is -0.145. The number of allylic oxidation sites excluding steroid dienone is 1.